The zero-order valence-corrected chi connectivity index (χ0v) is 7.92. The molecule has 4 N–H and O–H groups in total. The average molecular weight is 202 g/mol. The highest BCUT2D eigenvalue weighted by Crippen LogP contribution is 2.24. The van der Waals surface area contributed by atoms with Gasteiger partial charge in [-0.1, -0.05) is 30.3 Å². The summed E-state index contributed by atoms with van der Waals surface area (Å²) in [6, 6.07) is 8.76. The van der Waals surface area contributed by atoms with Gasteiger partial charge >= 0.3 is 6.03 Å². The van der Waals surface area contributed by atoms with Gasteiger partial charge in [-0.15, -0.1) is 0 Å². The molecule has 2 rings (SSSR count). The van der Waals surface area contributed by atoms with E-state index in [-0.39, 0.29) is 5.82 Å². The smallest absolute Gasteiger partial charge is 0.341 e. The first-order chi connectivity index (χ1) is 7.20. The summed E-state index contributed by atoms with van der Waals surface area (Å²) in [5, 5.41) is 3.81. The number of hydrogen-bond donors (Lipinski definition) is 2. The lowest BCUT2D eigenvalue weighted by molar-refractivity contribution is 0.248. The predicted molar refractivity (Wildman–Crippen MR) is 57.1 cm³/mol. The number of hydrogen-bond acceptors (Lipinski definition) is 3. The SMILES string of the molecule is NC(=O)n1ncc(-c2ccccc2)c1N. The number of benzene rings is 1. The maximum absolute atomic E-state index is 10.9. The molecule has 5 nitrogen and oxygen atoms in total. The summed E-state index contributed by atoms with van der Waals surface area (Å²) >= 11 is 0. The van der Waals surface area contributed by atoms with Gasteiger partial charge in [0.1, 0.15) is 5.82 Å². The average Bonchev–Trinajstić information content (AvgIpc) is 2.61. The number of nitrogens with zero attached hydrogens (tertiary/aromatic N) is 2. The zero-order chi connectivity index (χ0) is 10.8. The summed E-state index contributed by atoms with van der Waals surface area (Å²) in [5.74, 6) is 0.258. The maximum atomic E-state index is 10.9. The van der Waals surface area contributed by atoms with Crippen LogP contribution in [0.25, 0.3) is 11.1 Å². The van der Waals surface area contributed by atoms with Gasteiger partial charge in [0.05, 0.1) is 6.20 Å². The number of anilines is 1. The Morgan fingerprint density at radius 1 is 1.27 bits per heavy atom. The molecule has 0 saturated heterocycles. The maximum Gasteiger partial charge on any atom is 0.341 e. The summed E-state index contributed by atoms with van der Waals surface area (Å²) in [6.45, 7) is 0. The molecule has 0 radical (unpaired) electrons. The van der Waals surface area contributed by atoms with Gasteiger partial charge in [0.2, 0.25) is 0 Å². The fraction of sp³-hybridized carbons (Fsp3) is 0. The van der Waals surface area contributed by atoms with E-state index in [1.54, 1.807) is 0 Å². The van der Waals surface area contributed by atoms with Gasteiger partial charge in [-0.2, -0.15) is 9.78 Å². The van der Waals surface area contributed by atoms with Crippen molar-refractivity contribution < 1.29 is 4.79 Å². The Hall–Kier alpha value is -2.30. The summed E-state index contributed by atoms with van der Waals surface area (Å²) < 4.78 is 0.975. The molecule has 0 unspecified atom stereocenters. The highest BCUT2D eigenvalue weighted by Gasteiger charge is 2.11. The molecule has 0 fully saturated rings. The van der Waals surface area contributed by atoms with Crippen molar-refractivity contribution in [2.75, 3.05) is 5.73 Å². The van der Waals surface area contributed by atoms with Crippen molar-refractivity contribution in [3.63, 3.8) is 0 Å². The molecule has 1 aromatic carbocycles. The fourth-order valence-electron chi connectivity index (χ4n) is 1.37. The van der Waals surface area contributed by atoms with E-state index in [4.69, 9.17) is 11.5 Å². The number of nitrogen functional groups attached to an aromatic ring is 1. The fourth-order valence-corrected chi connectivity index (χ4v) is 1.37. The number of amides is 1. The van der Waals surface area contributed by atoms with Crippen LogP contribution in [0.5, 0.6) is 0 Å². The Kier molecular flexibility index (Phi) is 2.13. The number of aromatic nitrogens is 2. The number of carbonyl (C=O) groups is 1. The molecule has 76 valence electrons. The molecule has 15 heavy (non-hydrogen) atoms. The molecule has 0 bridgehead atoms. The molecule has 0 aliphatic rings. The molecule has 2 aromatic rings. The van der Waals surface area contributed by atoms with E-state index in [0.29, 0.717) is 5.56 Å². The lowest BCUT2D eigenvalue weighted by atomic mass is 10.1. The third-order valence-corrected chi connectivity index (χ3v) is 2.10. The lowest BCUT2D eigenvalue weighted by Crippen LogP contribution is -2.22. The minimum absolute atomic E-state index is 0.258. The minimum Gasteiger partial charge on any atom is -0.383 e. The largest absolute Gasteiger partial charge is 0.383 e. The van der Waals surface area contributed by atoms with Gasteiger partial charge in [0.25, 0.3) is 0 Å². The first-order valence-electron chi connectivity index (χ1n) is 4.39. The Bertz CT molecular complexity index is 489. The number of carbonyl (C=O) groups excluding carboxylic acids is 1. The van der Waals surface area contributed by atoms with Gasteiger partial charge in [-0.05, 0) is 5.56 Å². The second-order valence-electron chi connectivity index (χ2n) is 3.06. The van der Waals surface area contributed by atoms with Crippen LogP contribution in [0.15, 0.2) is 36.5 Å². The second kappa shape index (κ2) is 3.45. The van der Waals surface area contributed by atoms with E-state index in [2.05, 4.69) is 5.10 Å². The van der Waals surface area contributed by atoms with E-state index in [9.17, 15) is 4.79 Å². The van der Waals surface area contributed by atoms with E-state index in [0.717, 1.165) is 10.2 Å². The standard InChI is InChI=1S/C10H10N4O/c11-9-8(6-13-14(9)10(12)15)7-4-2-1-3-5-7/h1-6H,11H2,(H2,12,15). The molecule has 0 aliphatic carbocycles. The summed E-state index contributed by atoms with van der Waals surface area (Å²) in [7, 11) is 0. The molecular formula is C10H10N4O. The van der Waals surface area contributed by atoms with Gasteiger partial charge in [-0.25, -0.2) is 4.79 Å². The van der Waals surface area contributed by atoms with Crippen LogP contribution in [0.4, 0.5) is 10.6 Å². The normalized spacial score (nSPS) is 10.1. The summed E-state index contributed by atoms with van der Waals surface area (Å²) in [6.07, 6.45) is 1.52. The van der Waals surface area contributed by atoms with E-state index in [1.165, 1.54) is 6.20 Å². The van der Waals surface area contributed by atoms with Gasteiger partial charge in [0.15, 0.2) is 0 Å². The number of nitrogens with two attached hydrogens (primary N) is 2. The quantitative estimate of drug-likeness (QED) is 0.724. The summed E-state index contributed by atoms with van der Waals surface area (Å²) in [5.41, 5.74) is 12.4. The first-order valence-corrected chi connectivity index (χ1v) is 4.39. The van der Waals surface area contributed by atoms with Gasteiger partial charge in [0, 0.05) is 5.56 Å². The number of primary amides is 1. The molecule has 0 spiro atoms. The van der Waals surface area contributed by atoms with Crippen LogP contribution in [0.2, 0.25) is 0 Å². The molecule has 5 heteroatoms. The van der Waals surface area contributed by atoms with Crippen molar-refractivity contribution in [1.29, 1.82) is 0 Å². The Morgan fingerprint density at radius 2 is 1.93 bits per heavy atom. The molecule has 1 aromatic heterocycles. The molecule has 0 aliphatic heterocycles. The van der Waals surface area contributed by atoms with Crippen molar-refractivity contribution in [2.24, 2.45) is 5.73 Å². The Balaban J connectivity index is 2.52. The van der Waals surface area contributed by atoms with Crippen molar-refractivity contribution in [3.05, 3.63) is 36.5 Å². The van der Waals surface area contributed by atoms with Crippen LogP contribution < -0.4 is 11.5 Å². The van der Waals surface area contributed by atoms with Gasteiger partial charge in [-0.3, -0.25) is 0 Å². The second-order valence-corrected chi connectivity index (χ2v) is 3.06. The minimum atomic E-state index is -0.685. The lowest BCUT2D eigenvalue weighted by Gasteiger charge is -2.00. The third-order valence-electron chi connectivity index (χ3n) is 2.10. The van der Waals surface area contributed by atoms with E-state index >= 15 is 0 Å². The van der Waals surface area contributed by atoms with E-state index < -0.39 is 6.03 Å². The van der Waals surface area contributed by atoms with Crippen LogP contribution in [-0.4, -0.2) is 15.8 Å². The topological polar surface area (TPSA) is 86.9 Å². The molecule has 1 amide bonds. The molecular weight excluding hydrogens is 192 g/mol. The van der Waals surface area contributed by atoms with Gasteiger partial charge < -0.3 is 11.5 Å². The van der Waals surface area contributed by atoms with Crippen molar-refractivity contribution in [3.8, 4) is 11.1 Å². The monoisotopic (exact) mass is 202 g/mol. The zero-order valence-electron chi connectivity index (χ0n) is 7.92. The Labute approximate surface area is 86.3 Å². The highest BCUT2D eigenvalue weighted by molar-refractivity contribution is 5.83. The van der Waals surface area contributed by atoms with E-state index in [1.807, 2.05) is 30.3 Å². The molecule has 0 saturated carbocycles. The van der Waals surface area contributed by atoms with Crippen LogP contribution in [0.1, 0.15) is 0 Å². The van der Waals surface area contributed by atoms with Crippen LogP contribution in [-0.2, 0) is 0 Å². The third kappa shape index (κ3) is 1.54. The molecule has 1 heterocycles. The van der Waals surface area contributed by atoms with Crippen LogP contribution in [0, 0.1) is 0 Å². The van der Waals surface area contributed by atoms with Crippen LogP contribution >= 0.6 is 0 Å². The van der Waals surface area contributed by atoms with Crippen molar-refractivity contribution in [1.82, 2.24) is 9.78 Å². The van der Waals surface area contributed by atoms with Crippen molar-refractivity contribution in [2.45, 2.75) is 0 Å². The highest BCUT2D eigenvalue weighted by atomic mass is 16.2. The Morgan fingerprint density at radius 3 is 2.47 bits per heavy atom. The predicted octanol–water partition coefficient (Wildman–Crippen LogP) is 1.06. The molecule has 0 atom stereocenters. The first kappa shape index (κ1) is 9.26. The number of rotatable bonds is 1. The summed E-state index contributed by atoms with van der Waals surface area (Å²) in [4.78, 5) is 10.9. The van der Waals surface area contributed by atoms with Crippen LogP contribution in [0.3, 0.4) is 0 Å². The van der Waals surface area contributed by atoms with Crippen molar-refractivity contribution >= 4 is 11.8 Å².